The van der Waals surface area contributed by atoms with Crippen LogP contribution in [0.3, 0.4) is 0 Å². The van der Waals surface area contributed by atoms with E-state index in [1.54, 1.807) is 11.0 Å². The second-order valence-corrected chi connectivity index (χ2v) is 2.72. The molecule has 0 aliphatic heterocycles. The molecule has 0 amide bonds. The average molecular weight is 167 g/mol. The predicted molar refractivity (Wildman–Crippen MR) is 47.4 cm³/mol. The lowest BCUT2D eigenvalue weighted by atomic mass is 10.4. The first kappa shape index (κ1) is 9.03. The van der Waals surface area contributed by atoms with Gasteiger partial charge in [-0.25, -0.2) is 0 Å². The fraction of sp³-hybridized carbons (Fsp3) is 0.750. The molecule has 67 valence electrons. The first-order chi connectivity index (χ1) is 5.88. The van der Waals surface area contributed by atoms with E-state index >= 15 is 0 Å². The van der Waals surface area contributed by atoms with Crippen LogP contribution in [0.25, 0.3) is 0 Å². The highest BCUT2D eigenvalue weighted by Gasteiger charge is 2.02. The molecule has 0 bridgehead atoms. The summed E-state index contributed by atoms with van der Waals surface area (Å²) >= 11 is 0. The first-order valence-electron chi connectivity index (χ1n) is 4.42. The Morgan fingerprint density at radius 3 is 2.42 bits per heavy atom. The van der Waals surface area contributed by atoms with Gasteiger partial charge in [-0.15, -0.1) is 5.10 Å². The van der Waals surface area contributed by atoms with Crippen molar-refractivity contribution in [3.8, 4) is 0 Å². The molecule has 0 saturated carbocycles. The second-order valence-electron chi connectivity index (χ2n) is 2.72. The molecule has 0 N–H and O–H groups in total. The summed E-state index contributed by atoms with van der Waals surface area (Å²) in [4.78, 5) is 1.76. The lowest BCUT2D eigenvalue weighted by molar-refractivity contribution is 0.505. The van der Waals surface area contributed by atoms with Gasteiger partial charge < -0.3 is 0 Å². The summed E-state index contributed by atoms with van der Waals surface area (Å²) in [6.07, 6.45) is 6.69. The quantitative estimate of drug-likeness (QED) is 0.651. The van der Waals surface area contributed by atoms with Gasteiger partial charge in [0.05, 0.1) is 6.20 Å². The van der Waals surface area contributed by atoms with Gasteiger partial charge >= 0.3 is 0 Å². The Labute approximate surface area is 73.1 Å². The van der Waals surface area contributed by atoms with Gasteiger partial charge in [0.2, 0.25) is 0 Å². The fourth-order valence-electron chi connectivity index (χ4n) is 1.15. The molecule has 4 nitrogen and oxygen atoms in total. The largest absolute Gasteiger partial charge is 0.296 e. The number of rotatable bonds is 5. The molecular weight excluding hydrogens is 152 g/mol. The van der Waals surface area contributed by atoms with Crippen molar-refractivity contribution in [2.75, 3.05) is 18.1 Å². The van der Waals surface area contributed by atoms with Crippen molar-refractivity contribution in [1.29, 1.82) is 0 Å². The normalized spacial score (nSPS) is 10.2. The maximum absolute atomic E-state index is 3.89. The first-order valence-corrected chi connectivity index (χ1v) is 4.42. The molecular formula is C8H15N4. The van der Waals surface area contributed by atoms with E-state index in [-0.39, 0.29) is 0 Å². The number of hydrogen-bond acceptors (Lipinski definition) is 3. The van der Waals surface area contributed by atoms with Gasteiger partial charge in [-0.2, -0.15) is 4.79 Å². The minimum absolute atomic E-state index is 1.02. The molecule has 4 heteroatoms. The maximum Gasteiger partial charge on any atom is 0.137 e. The second kappa shape index (κ2) is 4.74. The van der Waals surface area contributed by atoms with Crippen molar-refractivity contribution < 1.29 is 0 Å². The minimum atomic E-state index is 1.02. The summed E-state index contributed by atoms with van der Waals surface area (Å²) in [6.45, 7) is 6.35. The van der Waals surface area contributed by atoms with Crippen LogP contribution in [0.2, 0.25) is 0 Å². The van der Waals surface area contributed by atoms with Crippen LogP contribution in [0.1, 0.15) is 26.7 Å². The van der Waals surface area contributed by atoms with Gasteiger partial charge in [0.15, 0.2) is 0 Å². The molecule has 1 rings (SSSR count). The molecule has 0 fully saturated rings. The summed E-state index contributed by atoms with van der Waals surface area (Å²) < 4.78 is 0. The van der Waals surface area contributed by atoms with Crippen LogP contribution in [-0.2, 0) is 0 Å². The van der Waals surface area contributed by atoms with E-state index in [1.807, 2.05) is 0 Å². The third-order valence-corrected chi connectivity index (χ3v) is 1.62. The molecule has 0 aromatic carbocycles. The Bertz CT molecular complexity index is 189. The zero-order valence-corrected chi connectivity index (χ0v) is 7.69. The molecule has 0 saturated heterocycles. The number of nitrogens with zero attached hydrogens (tertiary/aromatic N) is 4. The third-order valence-electron chi connectivity index (χ3n) is 1.62. The van der Waals surface area contributed by atoms with Crippen LogP contribution in [0.4, 0.5) is 0 Å². The van der Waals surface area contributed by atoms with Crippen LogP contribution in [0.5, 0.6) is 0 Å². The smallest absolute Gasteiger partial charge is 0.137 e. The molecule has 1 radical (unpaired) electrons. The van der Waals surface area contributed by atoms with Gasteiger partial charge in [-0.05, 0) is 18.1 Å². The van der Waals surface area contributed by atoms with Crippen LogP contribution in [-0.4, -0.2) is 28.2 Å². The van der Waals surface area contributed by atoms with E-state index in [4.69, 9.17) is 0 Å². The Kier molecular flexibility index (Phi) is 3.57. The molecule has 0 aliphatic carbocycles. The average Bonchev–Trinajstić information content (AvgIpc) is 2.56. The predicted octanol–water partition coefficient (Wildman–Crippen LogP) is 0.836. The van der Waals surface area contributed by atoms with E-state index < -0.39 is 0 Å². The van der Waals surface area contributed by atoms with Crippen molar-refractivity contribution in [3.05, 3.63) is 12.4 Å². The Morgan fingerprint density at radius 1 is 1.33 bits per heavy atom. The van der Waals surface area contributed by atoms with Crippen molar-refractivity contribution in [3.63, 3.8) is 0 Å². The van der Waals surface area contributed by atoms with E-state index in [0.29, 0.717) is 0 Å². The summed E-state index contributed by atoms with van der Waals surface area (Å²) in [5, 5.41) is 9.70. The summed E-state index contributed by atoms with van der Waals surface area (Å²) in [5.41, 5.74) is 0. The zero-order valence-electron chi connectivity index (χ0n) is 7.69. The van der Waals surface area contributed by atoms with Crippen molar-refractivity contribution in [2.24, 2.45) is 0 Å². The molecule has 0 unspecified atom stereocenters. The Morgan fingerprint density at radius 2 is 2.00 bits per heavy atom. The van der Waals surface area contributed by atoms with E-state index in [1.165, 1.54) is 0 Å². The van der Waals surface area contributed by atoms with E-state index in [9.17, 15) is 0 Å². The standard InChI is InChI=1S/C8H15N4/c1-3-6-11(7-4-2)12-8-5-9-10-12/h8H,3-4,6-7H2,1-2H3. The lowest BCUT2D eigenvalue weighted by Crippen LogP contribution is -2.36. The number of hydrogen-bond donors (Lipinski definition) is 0. The van der Waals surface area contributed by atoms with Gasteiger partial charge in [0.1, 0.15) is 6.20 Å². The van der Waals surface area contributed by atoms with E-state index in [0.717, 1.165) is 25.9 Å². The van der Waals surface area contributed by atoms with Gasteiger partial charge in [-0.1, -0.05) is 13.8 Å². The van der Waals surface area contributed by atoms with Crippen molar-refractivity contribution in [1.82, 2.24) is 15.1 Å². The highest BCUT2D eigenvalue weighted by Crippen LogP contribution is 1.92. The van der Waals surface area contributed by atoms with Crippen molar-refractivity contribution >= 4 is 0 Å². The summed E-state index contributed by atoms with van der Waals surface area (Å²) in [6, 6.07) is 0. The zero-order chi connectivity index (χ0) is 8.81. The van der Waals surface area contributed by atoms with Gasteiger partial charge in [0, 0.05) is 13.1 Å². The van der Waals surface area contributed by atoms with Crippen molar-refractivity contribution in [2.45, 2.75) is 26.7 Å². The molecule has 0 spiro atoms. The monoisotopic (exact) mass is 167 g/mol. The number of aromatic nitrogens is 3. The summed E-state index contributed by atoms with van der Waals surface area (Å²) in [5.74, 6) is 0. The van der Waals surface area contributed by atoms with Crippen LogP contribution < -0.4 is 5.01 Å². The third kappa shape index (κ3) is 2.22. The minimum Gasteiger partial charge on any atom is -0.296 e. The molecule has 12 heavy (non-hydrogen) atoms. The molecule has 0 aliphatic rings. The molecule has 0 atom stereocenters. The highest BCUT2D eigenvalue weighted by atomic mass is 15.7. The van der Waals surface area contributed by atoms with E-state index in [2.05, 4.69) is 35.4 Å². The topological polar surface area (TPSA) is 34.0 Å². The van der Waals surface area contributed by atoms with Gasteiger partial charge in [-0.3, -0.25) is 5.01 Å². The maximum atomic E-state index is 3.89. The summed E-state index contributed by atoms with van der Waals surface area (Å²) in [7, 11) is 0. The Hall–Kier alpha value is -1.06. The molecule has 1 aromatic heterocycles. The Balaban J connectivity index is 2.53. The van der Waals surface area contributed by atoms with Crippen LogP contribution >= 0.6 is 0 Å². The SMILES string of the molecule is CCCN(CCC)n1c[c]nn1. The highest BCUT2D eigenvalue weighted by molar-refractivity contribution is 4.81. The van der Waals surface area contributed by atoms with Crippen LogP contribution in [0.15, 0.2) is 6.20 Å². The molecule has 1 aromatic rings. The van der Waals surface area contributed by atoms with Gasteiger partial charge in [0.25, 0.3) is 0 Å². The van der Waals surface area contributed by atoms with Crippen LogP contribution in [0, 0.1) is 6.20 Å². The fourth-order valence-corrected chi connectivity index (χ4v) is 1.15. The lowest BCUT2D eigenvalue weighted by Gasteiger charge is -2.21. The molecule has 1 heterocycles.